The van der Waals surface area contributed by atoms with E-state index in [4.69, 9.17) is 10.5 Å². The highest BCUT2D eigenvalue weighted by Gasteiger charge is 2.28. The fourth-order valence-electron chi connectivity index (χ4n) is 5.61. The molecular formula is C32H32N5O4-. The molecule has 2 aromatic carbocycles. The molecule has 2 amide bonds. The summed E-state index contributed by atoms with van der Waals surface area (Å²) in [4.78, 5) is 43.1. The fourth-order valence-corrected chi connectivity index (χ4v) is 5.61. The molecule has 0 saturated carbocycles. The molecule has 2 heterocycles. The third kappa shape index (κ3) is 6.97. The Bertz CT molecular complexity index is 1520. The summed E-state index contributed by atoms with van der Waals surface area (Å²) in [6.45, 7) is 4.01. The van der Waals surface area contributed by atoms with Gasteiger partial charge in [0.25, 0.3) is 0 Å². The minimum Gasteiger partial charge on any atom is -0.705 e. The molecule has 3 aliphatic rings. The number of amides is 2. The van der Waals surface area contributed by atoms with Crippen molar-refractivity contribution in [3.8, 4) is 11.8 Å². The van der Waals surface area contributed by atoms with Crippen molar-refractivity contribution in [2.24, 2.45) is 10.9 Å². The minimum absolute atomic E-state index is 0.0225. The first-order valence-corrected chi connectivity index (χ1v) is 13.8. The third-order valence-electron chi connectivity index (χ3n) is 7.60. The van der Waals surface area contributed by atoms with Gasteiger partial charge in [0.05, 0.1) is 23.2 Å². The summed E-state index contributed by atoms with van der Waals surface area (Å²) < 4.78 is 6.30. The molecule has 2 saturated heterocycles. The van der Waals surface area contributed by atoms with E-state index in [-0.39, 0.29) is 36.0 Å². The normalized spacial score (nSPS) is 22.6. The van der Waals surface area contributed by atoms with E-state index in [1.807, 2.05) is 43.3 Å². The van der Waals surface area contributed by atoms with E-state index in [1.165, 1.54) is 6.20 Å². The monoisotopic (exact) mass is 550 g/mol. The molecule has 0 aromatic heterocycles. The van der Waals surface area contributed by atoms with Crippen molar-refractivity contribution in [1.29, 1.82) is 5.26 Å². The predicted molar refractivity (Wildman–Crippen MR) is 155 cm³/mol. The van der Waals surface area contributed by atoms with Crippen LogP contribution in [0.25, 0.3) is 5.73 Å². The number of imide groups is 1. The van der Waals surface area contributed by atoms with Crippen LogP contribution < -0.4 is 10.1 Å². The number of aliphatic imine (C=N–C) groups is 1. The molecule has 1 aliphatic carbocycles. The van der Waals surface area contributed by atoms with Crippen molar-refractivity contribution < 1.29 is 19.1 Å². The molecule has 2 fully saturated rings. The van der Waals surface area contributed by atoms with Crippen LogP contribution in [-0.2, 0) is 16.0 Å². The van der Waals surface area contributed by atoms with E-state index in [1.54, 1.807) is 12.3 Å². The van der Waals surface area contributed by atoms with Crippen molar-refractivity contribution in [3.05, 3.63) is 87.8 Å². The predicted octanol–water partition coefficient (Wildman–Crippen LogP) is 4.77. The van der Waals surface area contributed by atoms with Crippen LogP contribution in [0, 0.1) is 24.2 Å². The summed E-state index contributed by atoms with van der Waals surface area (Å²) in [7, 11) is 0. The highest BCUT2D eigenvalue weighted by molar-refractivity contribution is 6.01. The first-order chi connectivity index (χ1) is 19.8. The number of ketones is 1. The van der Waals surface area contributed by atoms with Gasteiger partial charge in [-0.3, -0.25) is 29.6 Å². The quantitative estimate of drug-likeness (QED) is 0.300. The number of hydrogen-bond acceptors (Lipinski definition) is 7. The fraction of sp³-hybridized carbons (Fsp3) is 0.344. The second-order valence-corrected chi connectivity index (χ2v) is 10.9. The minimum atomic E-state index is -0.388. The number of Topliss-reactive ketones (excluding diaryl/α,β-unsaturated/α-hetero) is 1. The van der Waals surface area contributed by atoms with Crippen LogP contribution in [0.3, 0.4) is 0 Å². The Balaban J connectivity index is 1.19. The average Bonchev–Trinajstić information content (AvgIpc) is 3.38. The Morgan fingerprint density at radius 2 is 2.05 bits per heavy atom. The Morgan fingerprint density at radius 3 is 2.83 bits per heavy atom. The first kappa shape index (κ1) is 28.0. The van der Waals surface area contributed by atoms with Crippen LogP contribution in [-0.4, -0.2) is 54.5 Å². The number of benzene rings is 2. The molecule has 2 aromatic rings. The van der Waals surface area contributed by atoms with Crippen molar-refractivity contribution >= 4 is 29.5 Å². The molecule has 0 bridgehead atoms. The Labute approximate surface area is 239 Å². The van der Waals surface area contributed by atoms with Crippen LogP contribution in [0.1, 0.15) is 52.7 Å². The van der Waals surface area contributed by atoms with E-state index < -0.39 is 0 Å². The number of nitriles is 1. The van der Waals surface area contributed by atoms with Crippen molar-refractivity contribution in [3.63, 3.8) is 0 Å². The summed E-state index contributed by atoms with van der Waals surface area (Å²) >= 11 is 0. The van der Waals surface area contributed by atoms with Gasteiger partial charge in [-0.15, -0.1) is 0 Å². The Morgan fingerprint density at radius 1 is 1.20 bits per heavy atom. The Hall–Kier alpha value is -4.55. The van der Waals surface area contributed by atoms with E-state index in [0.29, 0.717) is 54.9 Å². The zero-order chi connectivity index (χ0) is 28.9. The lowest BCUT2D eigenvalue weighted by molar-refractivity contribution is -0.135. The van der Waals surface area contributed by atoms with Crippen molar-refractivity contribution in [1.82, 2.24) is 10.2 Å². The molecule has 0 radical (unpaired) electrons. The second-order valence-electron chi connectivity index (χ2n) is 10.9. The van der Waals surface area contributed by atoms with E-state index in [0.717, 1.165) is 35.2 Å². The third-order valence-corrected chi connectivity index (χ3v) is 7.60. The van der Waals surface area contributed by atoms with Gasteiger partial charge in [-0.2, -0.15) is 11.5 Å². The summed E-state index contributed by atoms with van der Waals surface area (Å²) in [6, 6.07) is 13.2. The van der Waals surface area contributed by atoms with Gasteiger partial charge in [-0.1, -0.05) is 11.6 Å². The van der Waals surface area contributed by atoms with E-state index >= 15 is 0 Å². The zero-order valence-electron chi connectivity index (χ0n) is 23.0. The van der Waals surface area contributed by atoms with Gasteiger partial charge in [0.1, 0.15) is 11.9 Å². The van der Waals surface area contributed by atoms with E-state index in [2.05, 4.69) is 21.3 Å². The smallest absolute Gasteiger partial charge is 0.233 e. The molecule has 2 atom stereocenters. The lowest BCUT2D eigenvalue weighted by atomic mass is 9.84. The SMILES string of the molecule is Cc1cc(C#N)cc(N=C/C(=C\[NH-])CN2CC[C@H](Oc3ccc4c(c3)CC(=CC3CCC(=O)NC3=O)CC4=O)C2)c1. The van der Waals surface area contributed by atoms with Crippen molar-refractivity contribution in [2.45, 2.75) is 45.1 Å². The number of carbonyl (C=O) groups excluding carboxylic acids is 3. The highest BCUT2D eigenvalue weighted by atomic mass is 16.5. The molecule has 1 unspecified atom stereocenters. The number of nitrogens with one attached hydrogen (secondary N) is 2. The van der Waals surface area contributed by atoms with Gasteiger partial charge in [-0.05, 0) is 79.3 Å². The molecular weight excluding hydrogens is 518 g/mol. The van der Waals surface area contributed by atoms with Gasteiger partial charge in [0, 0.05) is 44.3 Å². The van der Waals surface area contributed by atoms with Crippen LogP contribution in [0.2, 0.25) is 0 Å². The standard InChI is InChI=1S/C32H33N5O4/c1-20-8-22(15-33)12-26(9-20)35-17-23(16-34)18-37-7-6-28(19-37)41-27-3-4-29-25(14-27)11-21(13-30(29)38)10-24-2-5-31(39)36-32(24)40/h3-4,8-10,12,14,16-17,24,28H,2,5-7,11,13,18-19H2,1H3,(H3,34,35,36,39,40)/p-1/t24?,28-/m0/s1. The summed E-state index contributed by atoms with van der Waals surface area (Å²) in [5, 5.41) is 11.6. The second kappa shape index (κ2) is 12.3. The number of aryl methyl sites for hydroxylation is 1. The number of nitrogens with zero attached hydrogens (tertiary/aromatic N) is 3. The van der Waals surface area contributed by atoms with E-state index in [9.17, 15) is 19.6 Å². The van der Waals surface area contributed by atoms with Crippen LogP contribution in [0.5, 0.6) is 5.75 Å². The number of hydrogen-bond donors (Lipinski definition) is 1. The summed E-state index contributed by atoms with van der Waals surface area (Å²) in [5.74, 6) is -0.210. The number of ether oxygens (including phenoxy) is 1. The maximum Gasteiger partial charge on any atom is 0.233 e. The number of piperidine rings is 1. The number of carbonyl (C=O) groups is 3. The first-order valence-electron chi connectivity index (χ1n) is 13.8. The largest absolute Gasteiger partial charge is 0.705 e. The molecule has 5 rings (SSSR count). The van der Waals surface area contributed by atoms with Gasteiger partial charge in [0.15, 0.2) is 5.78 Å². The number of allylic oxidation sites excluding steroid dienone is 1. The average molecular weight is 551 g/mol. The molecule has 41 heavy (non-hydrogen) atoms. The molecule has 9 heteroatoms. The number of likely N-dealkylation sites (tertiary alicyclic amines) is 1. The maximum absolute atomic E-state index is 12.8. The lowest BCUT2D eigenvalue weighted by Crippen LogP contribution is -2.40. The molecule has 9 nitrogen and oxygen atoms in total. The molecule has 0 spiro atoms. The van der Waals surface area contributed by atoms with Gasteiger partial charge < -0.3 is 10.5 Å². The van der Waals surface area contributed by atoms with Crippen molar-refractivity contribution in [2.75, 3.05) is 19.6 Å². The molecule has 2 aliphatic heterocycles. The zero-order valence-corrected chi connectivity index (χ0v) is 23.0. The van der Waals surface area contributed by atoms with Gasteiger partial charge in [-0.25, -0.2) is 0 Å². The molecule has 210 valence electrons. The highest BCUT2D eigenvalue weighted by Crippen LogP contribution is 2.31. The van der Waals surface area contributed by atoms with Crippen LogP contribution in [0.4, 0.5) is 5.69 Å². The molecule has 2 N–H and O–H groups in total. The summed E-state index contributed by atoms with van der Waals surface area (Å²) in [6.07, 6.45) is 7.27. The van der Waals surface area contributed by atoms with Crippen LogP contribution in [0.15, 0.2) is 64.8 Å². The number of fused-ring (bicyclic) bond motifs is 1. The Kier molecular flexibility index (Phi) is 8.41. The number of rotatable bonds is 7. The maximum atomic E-state index is 12.8. The summed E-state index contributed by atoms with van der Waals surface area (Å²) in [5.41, 5.74) is 13.3. The lowest BCUT2D eigenvalue weighted by Gasteiger charge is -2.23. The van der Waals surface area contributed by atoms with Gasteiger partial charge in [0.2, 0.25) is 11.8 Å². The van der Waals surface area contributed by atoms with Gasteiger partial charge >= 0.3 is 0 Å². The topological polar surface area (TPSA) is 136 Å². The van der Waals surface area contributed by atoms with Crippen LogP contribution >= 0.6 is 0 Å².